The third-order valence-electron chi connectivity index (χ3n) is 2.25. The molecule has 3 heteroatoms. The van der Waals surface area contributed by atoms with Gasteiger partial charge >= 0.3 is 0 Å². The lowest BCUT2D eigenvalue weighted by Gasteiger charge is -1.99. The molecule has 1 aromatic heterocycles. The topological polar surface area (TPSA) is 33.1 Å². The van der Waals surface area contributed by atoms with Gasteiger partial charge in [-0.3, -0.25) is 0 Å². The molecule has 1 aromatic carbocycles. The van der Waals surface area contributed by atoms with E-state index in [0.29, 0.717) is 0 Å². The summed E-state index contributed by atoms with van der Waals surface area (Å²) in [6.07, 6.45) is -0.487. The van der Waals surface area contributed by atoms with Gasteiger partial charge in [0, 0.05) is 10.4 Å². The van der Waals surface area contributed by atoms with Crippen LogP contribution in [-0.4, -0.2) is 10.1 Å². The zero-order valence-corrected chi connectivity index (χ0v) is 9.58. The van der Waals surface area contributed by atoms with Crippen molar-refractivity contribution in [2.45, 2.75) is 20.0 Å². The highest BCUT2D eigenvalue weighted by molar-refractivity contribution is 7.15. The summed E-state index contributed by atoms with van der Waals surface area (Å²) in [5.41, 5.74) is 1.90. The van der Waals surface area contributed by atoms with E-state index >= 15 is 0 Å². The summed E-state index contributed by atoms with van der Waals surface area (Å²) < 4.78 is 0. The van der Waals surface area contributed by atoms with E-state index < -0.39 is 6.10 Å². The fraction of sp³-hybridized carbons (Fsp3) is 0.250. The quantitative estimate of drug-likeness (QED) is 0.841. The maximum Gasteiger partial charge on any atom is 0.123 e. The smallest absolute Gasteiger partial charge is 0.123 e. The van der Waals surface area contributed by atoms with Gasteiger partial charge < -0.3 is 5.11 Å². The first-order valence-electron chi connectivity index (χ1n) is 4.89. The van der Waals surface area contributed by atoms with Crippen molar-refractivity contribution in [3.63, 3.8) is 0 Å². The molecule has 0 amide bonds. The Morgan fingerprint density at radius 3 is 2.47 bits per heavy atom. The summed E-state index contributed by atoms with van der Waals surface area (Å²) in [7, 11) is 0. The predicted octanol–water partition coefficient (Wildman–Crippen LogP) is 3.17. The Hall–Kier alpha value is -1.19. The van der Waals surface area contributed by atoms with E-state index in [2.05, 4.69) is 4.98 Å². The van der Waals surface area contributed by atoms with Gasteiger partial charge in [-0.25, -0.2) is 4.98 Å². The third kappa shape index (κ3) is 2.08. The number of aliphatic hydroxyl groups excluding tert-OH is 1. The summed E-state index contributed by atoms with van der Waals surface area (Å²) in [4.78, 5) is 5.53. The van der Waals surface area contributed by atoms with Gasteiger partial charge in [0.15, 0.2) is 0 Å². The van der Waals surface area contributed by atoms with Crippen LogP contribution in [0.15, 0.2) is 30.3 Å². The highest BCUT2D eigenvalue weighted by atomic mass is 32.1. The molecule has 1 atom stereocenters. The van der Waals surface area contributed by atoms with Crippen LogP contribution in [0, 0.1) is 6.92 Å². The van der Waals surface area contributed by atoms with Crippen LogP contribution in [0.2, 0.25) is 0 Å². The maximum absolute atomic E-state index is 9.51. The summed E-state index contributed by atoms with van der Waals surface area (Å²) >= 11 is 1.62. The molecule has 1 heterocycles. The average molecular weight is 219 g/mol. The first-order valence-corrected chi connectivity index (χ1v) is 5.71. The number of rotatable bonds is 2. The van der Waals surface area contributed by atoms with Gasteiger partial charge in [0.25, 0.3) is 0 Å². The van der Waals surface area contributed by atoms with E-state index in [4.69, 9.17) is 0 Å². The standard InChI is InChI=1S/C12H13NOS/c1-8(14)11-9(2)15-12(13-11)10-6-4-3-5-7-10/h3-8,14H,1-2H3. The zero-order chi connectivity index (χ0) is 10.8. The molecule has 2 rings (SSSR count). The Balaban J connectivity index is 2.43. The zero-order valence-electron chi connectivity index (χ0n) is 8.77. The van der Waals surface area contributed by atoms with Crippen LogP contribution in [0.25, 0.3) is 10.6 Å². The SMILES string of the molecule is Cc1sc(-c2ccccc2)nc1C(C)O. The minimum atomic E-state index is -0.487. The fourth-order valence-electron chi connectivity index (χ4n) is 1.50. The van der Waals surface area contributed by atoms with Gasteiger partial charge in [-0.1, -0.05) is 30.3 Å². The Labute approximate surface area is 93.2 Å². The predicted molar refractivity (Wildman–Crippen MR) is 62.9 cm³/mol. The second-order valence-corrected chi connectivity index (χ2v) is 4.71. The van der Waals surface area contributed by atoms with Gasteiger partial charge in [-0.05, 0) is 13.8 Å². The number of benzene rings is 1. The second-order valence-electron chi connectivity index (χ2n) is 3.50. The van der Waals surface area contributed by atoms with E-state index in [9.17, 15) is 5.11 Å². The van der Waals surface area contributed by atoms with Gasteiger partial charge in [0.1, 0.15) is 5.01 Å². The van der Waals surface area contributed by atoms with Crippen molar-refractivity contribution >= 4 is 11.3 Å². The van der Waals surface area contributed by atoms with Crippen LogP contribution >= 0.6 is 11.3 Å². The number of aryl methyl sites for hydroxylation is 1. The molecule has 0 aliphatic heterocycles. The molecule has 1 N–H and O–H groups in total. The first-order chi connectivity index (χ1) is 7.18. The van der Waals surface area contributed by atoms with E-state index in [1.807, 2.05) is 37.3 Å². The largest absolute Gasteiger partial charge is 0.387 e. The Morgan fingerprint density at radius 2 is 1.93 bits per heavy atom. The van der Waals surface area contributed by atoms with Gasteiger partial charge in [-0.2, -0.15) is 0 Å². The molecule has 78 valence electrons. The van der Waals surface area contributed by atoms with Gasteiger partial charge in [0.2, 0.25) is 0 Å². The lowest BCUT2D eigenvalue weighted by molar-refractivity contribution is 0.194. The first kappa shape index (κ1) is 10.3. The van der Waals surface area contributed by atoms with Crippen LogP contribution < -0.4 is 0 Å². The van der Waals surface area contributed by atoms with Crippen molar-refractivity contribution in [2.75, 3.05) is 0 Å². The highest BCUT2D eigenvalue weighted by Gasteiger charge is 2.12. The third-order valence-corrected chi connectivity index (χ3v) is 3.28. The van der Waals surface area contributed by atoms with Crippen molar-refractivity contribution < 1.29 is 5.11 Å². The fourth-order valence-corrected chi connectivity index (χ4v) is 2.51. The van der Waals surface area contributed by atoms with E-state index in [0.717, 1.165) is 21.1 Å². The number of aromatic nitrogens is 1. The minimum absolute atomic E-state index is 0.487. The summed E-state index contributed by atoms with van der Waals surface area (Å²) in [6.45, 7) is 3.74. The van der Waals surface area contributed by atoms with Gasteiger partial charge in [-0.15, -0.1) is 11.3 Å². The maximum atomic E-state index is 9.51. The Morgan fingerprint density at radius 1 is 1.27 bits per heavy atom. The number of hydrogen-bond acceptors (Lipinski definition) is 3. The molecule has 0 bridgehead atoms. The molecule has 0 radical (unpaired) electrons. The van der Waals surface area contributed by atoms with E-state index in [-0.39, 0.29) is 0 Å². The van der Waals surface area contributed by atoms with Crippen LogP contribution in [0.3, 0.4) is 0 Å². The minimum Gasteiger partial charge on any atom is -0.387 e. The molecule has 0 aliphatic rings. The van der Waals surface area contributed by atoms with Crippen LogP contribution in [0.5, 0.6) is 0 Å². The monoisotopic (exact) mass is 219 g/mol. The van der Waals surface area contributed by atoms with Crippen molar-refractivity contribution in [3.05, 3.63) is 40.9 Å². The number of hydrogen-bond donors (Lipinski definition) is 1. The lowest BCUT2D eigenvalue weighted by atomic mass is 10.2. The normalized spacial score (nSPS) is 12.7. The number of thiazole rings is 1. The number of aliphatic hydroxyl groups is 1. The average Bonchev–Trinajstić information content (AvgIpc) is 2.62. The summed E-state index contributed by atoms with van der Waals surface area (Å²) in [5.74, 6) is 0. The molecule has 2 aromatic rings. The molecular weight excluding hydrogens is 206 g/mol. The summed E-state index contributed by atoms with van der Waals surface area (Å²) in [6, 6.07) is 10.0. The van der Waals surface area contributed by atoms with Crippen molar-refractivity contribution in [1.82, 2.24) is 4.98 Å². The molecule has 0 aliphatic carbocycles. The van der Waals surface area contributed by atoms with Crippen molar-refractivity contribution in [1.29, 1.82) is 0 Å². The Kier molecular flexibility index (Phi) is 2.84. The van der Waals surface area contributed by atoms with E-state index in [1.54, 1.807) is 18.3 Å². The number of nitrogens with zero attached hydrogens (tertiary/aromatic N) is 1. The van der Waals surface area contributed by atoms with Crippen LogP contribution in [-0.2, 0) is 0 Å². The van der Waals surface area contributed by atoms with Crippen molar-refractivity contribution in [2.24, 2.45) is 0 Å². The molecule has 15 heavy (non-hydrogen) atoms. The molecule has 2 nitrogen and oxygen atoms in total. The molecule has 0 saturated heterocycles. The van der Waals surface area contributed by atoms with Crippen LogP contribution in [0.1, 0.15) is 23.6 Å². The molecule has 0 fully saturated rings. The van der Waals surface area contributed by atoms with Crippen molar-refractivity contribution in [3.8, 4) is 10.6 Å². The second kappa shape index (κ2) is 4.13. The van der Waals surface area contributed by atoms with Crippen LogP contribution in [0.4, 0.5) is 0 Å². The Bertz CT molecular complexity index is 448. The molecule has 0 spiro atoms. The summed E-state index contributed by atoms with van der Waals surface area (Å²) in [5, 5.41) is 10.5. The molecular formula is C12H13NOS. The molecule has 1 unspecified atom stereocenters. The van der Waals surface area contributed by atoms with Gasteiger partial charge in [0.05, 0.1) is 11.8 Å². The van der Waals surface area contributed by atoms with E-state index in [1.165, 1.54) is 0 Å². The molecule has 0 saturated carbocycles. The lowest BCUT2D eigenvalue weighted by Crippen LogP contribution is -1.93. The highest BCUT2D eigenvalue weighted by Crippen LogP contribution is 2.29.